The van der Waals surface area contributed by atoms with Crippen LogP contribution < -0.4 is 5.32 Å². The van der Waals surface area contributed by atoms with Gasteiger partial charge in [0.15, 0.2) is 0 Å². The molecule has 1 N–H and O–H groups in total. The molecule has 1 atom stereocenters. The standard InChI is InChI=1S/C14H22N2OS/c1-12(13-7-6-10-18-13)15-11-14(17)16-8-4-2-3-5-9-16/h6-7,10,12,15H,2-5,8-9,11H2,1H3/t12-/m0/s1. The number of carbonyl (C=O) groups is 1. The molecular weight excluding hydrogens is 244 g/mol. The van der Waals surface area contributed by atoms with Gasteiger partial charge < -0.3 is 10.2 Å². The minimum atomic E-state index is 0.250. The largest absolute Gasteiger partial charge is 0.342 e. The van der Waals surface area contributed by atoms with E-state index in [2.05, 4.69) is 29.8 Å². The van der Waals surface area contributed by atoms with Gasteiger partial charge in [0.25, 0.3) is 0 Å². The lowest BCUT2D eigenvalue weighted by molar-refractivity contribution is -0.130. The lowest BCUT2D eigenvalue weighted by Crippen LogP contribution is -2.39. The van der Waals surface area contributed by atoms with E-state index in [1.807, 2.05) is 4.90 Å². The summed E-state index contributed by atoms with van der Waals surface area (Å²) in [6, 6.07) is 4.43. The van der Waals surface area contributed by atoms with Gasteiger partial charge in [-0.3, -0.25) is 4.79 Å². The summed E-state index contributed by atoms with van der Waals surface area (Å²) in [6.07, 6.45) is 4.85. The summed E-state index contributed by atoms with van der Waals surface area (Å²) in [5, 5.41) is 5.40. The van der Waals surface area contributed by atoms with Crippen LogP contribution >= 0.6 is 11.3 Å². The molecule has 0 aliphatic carbocycles. The number of hydrogen-bond acceptors (Lipinski definition) is 3. The molecule has 4 heteroatoms. The second-order valence-electron chi connectivity index (χ2n) is 4.91. The Bertz CT molecular complexity index is 356. The molecule has 18 heavy (non-hydrogen) atoms. The topological polar surface area (TPSA) is 32.3 Å². The molecule has 0 radical (unpaired) electrons. The van der Waals surface area contributed by atoms with Crippen LogP contribution in [0.25, 0.3) is 0 Å². The Morgan fingerprint density at radius 3 is 2.72 bits per heavy atom. The van der Waals surface area contributed by atoms with Crippen molar-refractivity contribution in [1.29, 1.82) is 0 Å². The summed E-state index contributed by atoms with van der Waals surface area (Å²) in [5.74, 6) is 0.250. The number of carbonyl (C=O) groups excluding carboxylic acids is 1. The molecule has 0 aromatic carbocycles. The van der Waals surface area contributed by atoms with Gasteiger partial charge in [-0.05, 0) is 31.2 Å². The van der Waals surface area contributed by atoms with Crippen molar-refractivity contribution < 1.29 is 4.79 Å². The Kier molecular flexibility index (Phi) is 5.20. The number of nitrogens with zero attached hydrogens (tertiary/aromatic N) is 1. The zero-order valence-corrected chi connectivity index (χ0v) is 11.8. The lowest BCUT2D eigenvalue weighted by Gasteiger charge is -2.21. The first kappa shape index (κ1) is 13.6. The fourth-order valence-electron chi connectivity index (χ4n) is 2.31. The van der Waals surface area contributed by atoms with Crippen LogP contribution in [0.1, 0.15) is 43.5 Å². The highest BCUT2D eigenvalue weighted by atomic mass is 32.1. The fourth-order valence-corrected chi connectivity index (χ4v) is 3.07. The summed E-state index contributed by atoms with van der Waals surface area (Å²) in [7, 11) is 0. The first-order valence-corrected chi connectivity index (χ1v) is 7.70. The van der Waals surface area contributed by atoms with Crippen LogP contribution in [0.2, 0.25) is 0 Å². The normalized spacial score (nSPS) is 18.4. The van der Waals surface area contributed by atoms with Crippen molar-refractivity contribution in [3.05, 3.63) is 22.4 Å². The van der Waals surface area contributed by atoms with E-state index in [4.69, 9.17) is 0 Å². The molecule has 2 rings (SSSR count). The molecule has 1 amide bonds. The van der Waals surface area contributed by atoms with Crippen LogP contribution in [-0.2, 0) is 4.79 Å². The van der Waals surface area contributed by atoms with Crippen LogP contribution in [0.5, 0.6) is 0 Å². The number of likely N-dealkylation sites (tertiary alicyclic amines) is 1. The molecule has 2 heterocycles. The Balaban J connectivity index is 1.77. The molecule has 1 aliphatic rings. The van der Waals surface area contributed by atoms with E-state index in [0.29, 0.717) is 6.54 Å². The molecule has 3 nitrogen and oxygen atoms in total. The minimum absolute atomic E-state index is 0.250. The van der Waals surface area contributed by atoms with Gasteiger partial charge in [0.2, 0.25) is 5.91 Å². The quantitative estimate of drug-likeness (QED) is 0.909. The van der Waals surface area contributed by atoms with E-state index in [-0.39, 0.29) is 11.9 Å². The zero-order chi connectivity index (χ0) is 12.8. The number of thiophene rings is 1. The maximum atomic E-state index is 12.1. The van der Waals surface area contributed by atoms with Gasteiger partial charge in [-0.15, -0.1) is 11.3 Å². The maximum Gasteiger partial charge on any atom is 0.236 e. The average Bonchev–Trinajstić information content (AvgIpc) is 2.78. The molecule has 0 spiro atoms. The summed E-state index contributed by atoms with van der Waals surface area (Å²) in [4.78, 5) is 15.4. The van der Waals surface area contributed by atoms with E-state index >= 15 is 0 Å². The highest BCUT2D eigenvalue weighted by molar-refractivity contribution is 7.10. The molecule has 1 saturated heterocycles. The summed E-state index contributed by atoms with van der Waals surface area (Å²) < 4.78 is 0. The maximum absolute atomic E-state index is 12.1. The number of rotatable bonds is 4. The molecule has 1 aromatic heterocycles. The molecule has 100 valence electrons. The SMILES string of the molecule is C[C@H](NCC(=O)N1CCCCCC1)c1cccs1. The lowest BCUT2D eigenvalue weighted by atomic mass is 10.2. The van der Waals surface area contributed by atoms with Crippen molar-refractivity contribution in [3.63, 3.8) is 0 Å². The highest BCUT2D eigenvalue weighted by Gasteiger charge is 2.16. The van der Waals surface area contributed by atoms with E-state index in [9.17, 15) is 4.79 Å². The van der Waals surface area contributed by atoms with Crippen LogP contribution in [0.3, 0.4) is 0 Å². The fraction of sp³-hybridized carbons (Fsp3) is 0.643. The number of amides is 1. The van der Waals surface area contributed by atoms with Crippen molar-refractivity contribution in [2.45, 2.75) is 38.6 Å². The Hall–Kier alpha value is -0.870. The van der Waals surface area contributed by atoms with E-state index < -0.39 is 0 Å². The van der Waals surface area contributed by atoms with Crippen LogP contribution in [0.4, 0.5) is 0 Å². The van der Waals surface area contributed by atoms with Gasteiger partial charge in [-0.2, -0.15) is 0 Å². The Morgan fingerprint density at radius 1 is 1.39 bits per heavy atom. The number of hydrogen-bond donors (Lipinski definition) is 1. The third-order valence-corrected chi connectivity index (χ3v) is 4.54. The molecule has 1 aromatic rings. The number of nitrogens with one attached hydrogen (secondary N) is 1. The molecule has 0 saturated carbocycles. The van der Waals surface area contributed by atoms with Gasteiger partial charge in [-0.1, -0.05) is 18.9 Å². The van der Waals surface area contributed by atoms with Gasteiger partial charge in [0.1, 0.15) is 0 Å². The first-order chi connectivity index (χ1) is 8.77. The van der Waals surface area contributed by atoms with Gasteiger partial charge in [0.05, 0.1) is 6.54 Å². The molecular formula is C14H22N2OS. The zero-order valence-electron chi connectivity index (χ0n) is 11.0. The molecule has 1 aliphatic heterocycles. The first-order valence-electron chi connectivity index (χ1n) is 6.82. The van der Waals surface area contributed by atoms with Crippen molar-refractivity contribution in [1.82, 2.24) is 10.2 Å². The monoisotopic (exact) mass is 266 g/mol. The Labute approximate surface area is 113 Å². The third kappa shape index (κ3) is 3.82. The second kappa shape index (κ2) is 6.90. The van der Waals surface area contributed by atoms with Gasteiger partial charge in [-0.25, -0.2) is 0 Å². The summed E-state index contributed by atoms with van der Waals surface area (Å²) >= 11 is 1.73. The highest BCUT2D eigenvalue weighted by Crippen LogP contribution is 2.18. The van der Waals surface area contributed by atoms with Crippen molar-refractivity contribution in [3.8, 4) is 0 Å². The minimum Gasteiger partial charge on any atom is -0.342 e. The average molecular weight is 266 g/mol. The van der Waals surface area contributed by atoms with E-state index in [0.717, 1.165) is 25.9 Å². The van der Waals surface area contributed by atoms with E-state index in [1.165, 1.54) is 17.7 Å². The smallest absolute Gasteiger partial charge is 0.236 e. The predicted octanol–water partition coefficient (Wildman–Crippen LogP) is 2.80. The van der Waals surface area contributed by atoms with E-state index in [1.54, 1.807) is 11.3 Å². The molecule has 0 unspecified atom stereocenters. The Morgan fingerprint density at radius 2 is 2.11 bits per heavy atom. The van der Waals surface area contributed by atoms with Crippen molar-refractivity contribution in [2.75, 3.05) is 19.6 Å². The van der Waals surface area contributed by atoms with Crippen molar-refractivity contribution in [2.24, 2.45) is 0 Å². The van der Waals surface area contributed by atoms with Gasteiger partial charge in [0, 0.05) is 24.0 Å². The molecule has 1 fully saturated rings. The van der Waals surface area contributed by atoms with Crippen LogP contribution in [0.15, 0.2) is 17.5 Å². The molecule has 0 bridgehead atoms. The van der Waals surface area contributed by atoms with Crippen LogP contribution in [-0.4, -0.2) is 30.4 Å². The van der Waals surface area contributed by atoms with Crippen molar-refractivity contribution >= 4 is 17.2 Å². The summed E-state index contributed by atoms with van der Waals surface area (Å²) in [6.45, 7) is 4.45. The third-order valence-electron chi connectivity index (χ3n) is 3.49. The second-order valence-corrected chi connectivity index (χ2v) is 5.89. The van der Waals surface area contributed by atoms with Crippen LogP contribution in [0, 0.1) is 0 Å². The van der Waals surface area contributed by atoms with Gasteiger partial charge >= 0.3 is 0 Å². The predicted molar refractivity (Wildman–Crippen MR) is 75.8 cm³/mol. The summed E-state index contributed by atoms with van der Waals surface area (Å²) in [5.41, 5.74) is 0.